The Bertz CT molecular complexity index is 1240. The number of carbonyl (C=O) groups is 2. The van der Waals surface area contributed by atoms with Gasteiger partial charge in [-0.05, 0) is 54.5 Å². The fourth-order valence-electron chi connectivity index (χ4n) is 5.12. The van der Waals surface area contributed by atoms with Crippen molar-refractivity contribution in [1.29, 1.82) is 5.41 Å². The van der Waals surface area contributed by atoms with Crippen molar-refractivity contribution in [2.75, 3.05) is 25.5 Å². The number of benzene rings is 3. The highest BCUT2D eigenvalue weighted by Gasteiger charge is 2.39. The zero-order valence-corrected chi connectivity index (χ0v) is 21.9. The number of hydrogen-bond acceptors (Lipinski definition) is 5. The quantitative estimate of drug-likeness (QED) is 0.183. The van der Waals surface area contributed by atoms with Gasteiger partial charge in [0.1, 0.15) is 5.84 Å². The van der Waals surface area contributed by atoms with E-state index >= 15 is 0 Å². The van der Waals surface area contributed by atoms with Crippen molar-refractivity contribution in [2.45, 2.75) is 38.1 Å². The van der Waals surface area contributed by atoms with Gasteiger partial charge in [-0.15, -0.1) is 0 Å². The molecule has 3 aromatic carbocycles. The molecule has 198 valence electrons. The first-order chi connectivity index (χ1) is 18.4. The van der Waals surface area contributed by atoms with Crippen LogP contribution in [0.1, 0.15) is 36.8 Å². The molecule has 7 heteroatoms. The van der Waals surface area contributed by atoms with Gasteiger partial charge in [-0.3, -0.25) is 15.0 Å². The molecule has 2 atom stereocenters. The molecule has 0 saturated carbocycles. The molecule has 7 nitrogen and oxygen atoms in total. The molecule has 1 heterocycles. The van der Waals surface area contributed by atoms with E-state index in [1.807, 2.05) is 59.5 Å². The molecule has 38 heavy (non-hydrogen) atoms. The summed E-state index contributed by atoms with van der Waals surface area (Å²) >= 11 is 0. The Morgan fingerprint density at radius 2 is 1.82 bits per heavy atom. The third kappa shape index (κ3) is 7.00. The second-order valence-electron chi connectivity index (χ2n) is 9.77. The first-order valence-corrected chi connectivity index (χ1v) is 13.1. The Morgan fingerprint density at radius 3 is 2.53 bits per heavy atom. The number of nitrogen functional groups attached to an aromatic ring is 1. The number of nitrogens with one attached hydrogen (secondary N) is 2. The van der Waals surface area contributed by atoms with Crippen LogP contribution in [0.3, 0.4) is 0 Å². The number of amides is 1. The van der Waals surface area contributed by atoms with Crippen LogP contribution in [0, 0.1) is 11.3 Å². The molecule has 1 aliphatic rings. The van der Waals surface area contributed by atoms with Crippen molar-refractivity contribution in [3.8, 4) is 11.1 Å². The van der Waals surface area contributed by atoms with Gasteiger partial charge < -0.3 is 20.7 Å². The third-order valence-electron chi connectivity index (χ3n) is 7.18. The summed E-state index contributed by atoms with van der Waals surface area (Å²) in [6, 6.07) is 26.2. The molecule has 0 aromatic heterocycles. The highest BCUT2D eigenvalue weighted by atomic mass is 16.5. The molecule has 0 radical (unpaired) electrons. The Kier molecular flexibility index (Phi) is 9.14. The molecular weight excluding hydrogens is 476 g/mol. The lowest BCUT2D eigenvalue weighted by atomic mass is 10.00. The minimum Gasteiger partial charge on any atom is -0.469 e. The molecule has 4 N–H and O–H groups in total. The van der Waals surface area contributed by atoms with E-state index in [0.717, 1.165) is 36.1 Å². The minimum atomic E-state index is -0.334. The number of ether oxygens (including phenoxy) is 1. The summed E-state index contributed by atoms with van der Waals surface area (Å²) < 4.78 is 4.84. The second kappa shape index (κ2) is 12.9. The van der Waals surface area contributed by atoms with Gasteiger partial charge in [0.2, 0.25) is 5.91 Å². The lowest BCUT2D eigenvalue weighted by molar-refractivity contribution is -0.144. The third-order valence-corrected chi connectivity index (χ3v) is 7.18. The normalized spacial score (nSPS) is 16.9. The van der Waals surface area contributed by atoms with Crippen LogP contribution in [0.4, 0.5) is 5.69 Å². The maximum atomic E-state index is 13.2. The van der Waals surface area contributed by atoms with Crippen molar-refractivity contribution in [3.63, 3.8) is 0 Å². The van der Waals surface area contributed by atoms with E-state index in [9.17, 15) is 9.59 Å². The number of aryl methyl sites for hydroxylation is 1. The average Bonchev–Trinajstić information content (AvgIpc) is 3.23. The summed E-state index contributed by atoms with van der Waals surface area (Å²) in [5.41, 5.74) is 10.7. The van der Waals surface area contributed by atoms with Crippen LogP contribution < -0.4 is 11.1 Å². The second-order valence-corrected chi connectivity index (χ2v) is 9.77. The molecule has 1 fully saturated rings. The number of hydrogen-bond donors (Lipinski definition) is 3. The fraction of sp³-hybridized carbons (Fsp3) is 0.323. The number of rotatable bonds is 12. The van der Waals surface area contributed by atoms with Crippen LogP contribution in [0.25, 0.3) is 11.1 Å². The Morgan fingerprint density at radius 1 is 1.05 bits per heavy atom. The average molecular weight is 513 g/mol. The lowest BCUT2D eigenvalue weighted by Crippen LogP contribution is -2.36. The molecule has 0 unspecified atom stereocenters. The Hall–Kier alpha value is -4.13. The Balaban J connectivity index is 1.36. The highest BCUT2D eigenvalue weighted by molar-refractivity contribution is 5.95. The summed E-state index contributed by atoms with van der Waals surface area (Å²) in [7, 11) is 1.37. The molecule has 0 bridgehead atoms. The number of carbonyl (C=O) groups excluding carboxylic acids is 2. The SMILES string of the molecule is COC(=O)C[C@@H]1C[C@@H](CCNc2cccc(-c3ccc(C(=N)N)cc3)c2)N(CCCc2ccccc2)C1=O. The highest BCUT2D eigenvalue weighted by Crippen LogP contribution is 2.30. The molecule has 3 aromatic rings. The van der Waals surface area contributed by atoms with E-state index in [0.29, 0.717) is 25.1 Å². The van der Waals surface area contributed by atoms with Gasteiger partial charge in [0, 0.05) is 30.4 Å². The number of nitrogens with two attached hydrogens (primary N) is 1. The zero-order chi connectivity index (χ0) is 26.9. The smallest absolute Gasteiger partial charge is 0.306 e. The van der Waals surface area contributed by atoms with Crippen LogP contribution >= 0.6 is 0 Å². The van der Waals surface area contributed by atoms with Crippen molar-refractivity contribution >= 4 is 23.4 Å². The van der Waals surface area contributed by atoms with Crippen molar-refractivity contribution in [1.82, 2.24) is 4.90 Å². The first kappa shape index (κ1) is 26.9. The molecule has 0 aliphatic carbocycles. The summed E-state index contributed by atoms with van der Waals surface area (Å²) in [5, 5.41) is 11.1. The standard InChI is InChI=1S/C31H36N4O3/c1-38-29(36)21-26-20-28(35(31(26)37)18-6-9-22-7-3-2-4-8-22)16-17-34-27-11-5-10-25(19-27)23-12-14-24(15-13-23)30(32)33/h2-5,7-8,10-15,19,26,28,34H,6,9,16-18,20-21H2,1H3,(H3,32,33)/t26-,28+/m0/s1. The van der Waals surface area contributed by atoms with Gasteiger partial charge in [-0.2, -0.15) is 0 Å². The molecule has 1 aliphatic heterocycles. The topological polar surface area (TPSA) is 109 Å². The Labute approximate surface area is 224 Å². The van der Waals surface area contributed by atoms with Gasteiger partial charge in [0.25, 0.3) is 0 Å². The predicted molar refractivity (Wildman–Crippen MR) is 151 cm³/mol. The van der Waals surface area contributed by atoms with Crippen molar-refractivity contribution in [3.05, 3.63) is 90.0 Å². The summed E-state index contributed by atoms with van der Waals surface area (Å²) in [6.07, 6.45) is 3.40. The van der Waals surface area contributed by atoms with E-state index in [1.165, 1.54) is 12.7 Å². The van der Waals surface area contributed by atoms with Gasteiger partial charge >= 0.3 is 5.97 Å². The lowest BCUT2D eigenvalue weighted by Gasteiger charge is -2.25. The van der Waals surface area contributed by atoms with Crippen LogP contribution in [-0.4, -0.2) is 48.9 Å². The molecule has 1 amide bonds. The van der Waals surface area contributed by atoms with E-state index in [4.69, 9.17) is 15.9 Å². The van der Waals surface area contributed by atoms with E-state index in [-0.39, 0.29) is 36.1 Å². The van der Waals surface area contributed by atoms with Crippen LogP contribution in [0.15, 0.2) is 78.9 Å². The maximum absolute atomic E-state index is 13.2. The molecule has 4 rings (SSSR count). The number of likely N-dealkylation sites (tertiary alicyclic amines) is 1. The minimum absolute atomic E-state index is 0.0558. The van der Waals surface area contributed by atoms with E-state index < -0.39 is 0 Å². The summed E-state index contributed by atoms with van der Waals surface area (Å²) in [4.78, 5) is 27.1. The maximum Gasteiger partial charge on any atom is 0.306 e. The number of anilines is 1. The van der Waals surface area contributed by atoms with E-state index in [2.05, 4.69) is 29.6 Å². The molecule has 1 saturated heterocycles. The van der Waals surface area contributed by atoms with Gasteiger partial charge in [0.15, 0.2) is 0 Å². The number of methoxy groups -OCH3 is 1. The summed E-state index contributed by atoms with van der Waals surface area (Å²) in [5.74, 6) is -0.533. The first-order valence-electron chi connectivity index (χ1n) is 13.1. The van der Waals surface area contributed by atoms with Gasteiger partial charge in [-0.1, -0.05) is 66.7 Å². The van der Waals surface area contributed by atoms with Gasteiger partial charge in [-0.25, -0.2) is 0 Å². The predicted octanol–water partition coefficient (Wildman–Crippen LogP) is 4.85. The van der Waals surface area contributed by atoms with Crippen molar-refractivity contribution in [2.24, 2.45) is 11.7 Å². The summed E-state index contributed by atoms with van der Waals surface area (Å²) in [6.45, 7) is 1.40. The fourth-order valence-corrected chi connectivity index (χ4v) is 5.12. The largest absolute Gasteiger partial charge is 0.469 e. The van der Waals surface area contributed by atoms with Crippen LogP contribution in [-0.2, 0) is 20.7 Å². The monoisotopic (exact) mass is 512 g/mol. The number of esters is 1. The zero-order valence-electron chi connectivity index (χ0n) is 21.9. The van der Waals surface area contributed by atoms with Crippen LogP contribution in [0.5, 0.6) is 0 Å². The van der Waals surface area contributed by atoms with Gasteiger partial charge in [0.05, 0.1) is 19.4 Å². The van der Waals surface area contributed by atoms with Crippen molar-refractivity contribution < 1.29 is 14.3 Å². The van der Waals surface area contributed by atoms with Crippen LogP contribution in [0.2, 0.25) is 0 Å². The number of amidine groups is 1. The van der Waals surface area contributed by atoms with E-state index in [1.54, 1.807) is 0 Å². The molecular formula is C31H36N4O3. The molecule has 0 spiro atoms. The number of nitrogens with zero attached hydrogens (tertiary/aromatic N) is 1.